The van der Waals surface area contributed by atoms with Gasteiger partial charge in [-0.25, -0.2) is 0 Å². The minimum atomic E-state index is 0.124. The quantitative estimate of drug-likeness (QED) is 0.898. The Morgan fingerprint density at radius 1 is 1.24 bits per heavy atom. The standard InChI is InChI=1S/C12H17Cl2NO2/c1-7(15)4-5-8-6-9(13)12(17-3)10(14)11(8)16-2/h6-7H,4-5,15H2,1-3H3. The Morgan fingerprint density at radius 2 is 1.82 bits per heavy atom. The number of aryl methyl sites for hydroxylation is 1. The van der Waals surface area contributed by atoms with Gasteiger partial charge in [-0.15, -0.1) is 0 Å². The van der Waals surface area contributed by atoms with E-state index in [-0.39, 0.29) is 6.04 Å². The highest BCUT2D eigenvalue weighted by atomic mass is 35.5. The van der Waals surface area contributed by atoms with E-state index in [0.717, 1.165) is 18.4 Å². The Balaban J connectivity index is 3.12. The largest absolute Gasteiger partial charge is 0.495 e. The average molecular weight is 278 g/mol. The summed E-state index contributed by atoms with van der Waals surface area (Å²) in [6, 6.07) is 1.94. The molecule has 0 saturated carbocycles. The molecular weight excluding hydrogens is 261 g/mol. The second kappa shape index (κ2) is 6.34. The smallest absolute Gasteiger partial charge is 0.159 e. The molecule has 1 rings (SSSR count). The molecule has 17 heavy (non-hydrogen) atoms. The van der Waals surface area contributed by atoms with Crippen molar-refractivity contribution in [1.82, 2.24) is 0 Å². The molecule has 5 heteroatoms. The molecule has 0 saturated heterocycles. The van der Waals surface area contributed by atoms with Gasteiger partial charge < -0.3 is 15.2 Å². The van der Waals surface area contributed by atoms with E-state index < -0.39 is 0 Å². The average Bonchev–Trinajstić information content (AvgIpc) is 2.26. The van der Waals surface area contributed by atoms with E-state index in [4.69, 9.17) is 38.4 Å². The lowest BCUT2D eigenvalue weighted by atomic mass is 10.1. The molecule has 96 valence electrons. The van der Waals surface area contributed by atoms with E-state index in [1.807, 2.05) is 13.0 Å². The zero-order valence-corrected chi connectivity index (χ0v) is 11.7. The fourth-order valence-electron chi connectivity index (χ4n) is 1.61. The number of hydrogen-bond donors (Lipinski definition) is 1. The van der Waals surface area contributed by atoms with Gasteiger partial charge in [0.15, 0.2) is 5.75 Å². The molecule has 1 aromatic rings. The molecule has 1 atom stereocenters. The maximum atomic E-state index is 6.17. The summed E-state index contributed by atoms with van der Waals surface area (Å²) in [4.78, 5) is 0. The number of methoxy groups -OCH3 is 2. The molecule has 1 unspecified atom stereocenters. The van der Waals surface area contributed by atoms with Crippen LogP contribution in [0.15, 0.2) is 6.07 Å². The lowest BCUT2D eigenvalue weighted by molar-refractivity contribution is 0.391. The van der Waals surface area contributed by atoms with Gasteiger partial charge >= 0.3 is 0 Å². The van der Waals surface area contributed by atoms with E-state index >= 15 is 0 Å². The van der Waals surface area contributed by atoms with Crippen molar-refractivity contribution in [2.45, 2.75) is 25.8 Å². The molecule has 0 radical (unpaired) electrons. The van der Waals surface area contributed by atoms with Crippen molar-refractivity contribution in [3.8, 4) is 11.5 Å². The zero-order chi connectivity index (χ0) is 13.0. The van der Waals surface area contributed by atoms with Gasteiger partial charge in [-0.3, -0.25) is 0 Å². The monoisotopic (exact) mass is 277 g/mol. The van der Waals surface area contributed by atoms with Gasteiger partial charge in [0.1, 0.15) is 10.8 Å². The molecule has 0 amide bonds. The Hall–Kier alpha value is -0.640. The van der Waals surface area contributed by atoms with Gasteiger partial charge in [0.25, 0.3) is 0 Å². The highest BCUT2D eigenvalue weighted by molar-refractivity contribution is 6.38. The van der Waals surface area contributed by atoms with Crippen molar-refractivity contribution >= 4 is 23.2 Å². The van der Waals surface area contributed by atoms with Crippen molar-refractivity contribution in [3.05, 3.63) is 21.7 Å². The van der Waals surface area contributed by atoms with Crippen LogP contribution in [0, 0.1) is 0 Å². The van der Waals surface area contributed by atoms with Crippen LogP contribution in [0.25, 0.3) is 0 Å². The summed E-state index contributed by atoms with van der Waals surface area (Å²) in [7, 11) is 3.10. The minimum Gasteiger partial charge on any atom is -0.495 e. The van der Waals surface area contributed by atoms with Crippen molar-refractivity contribution in [1.29, 1.82) is 0 Å². The Morgan fingerprint density at radius 3 is 2.29 bits per heavy atom. The molecule has 0 aliphatic carbocycles. The Labute approximate surface area is 112 Å². The molecule has 1 aromatic carbocycles. The maximum absolute atomic E-state index is 6.17. The number of hydrogen-bond acceptors (Lipinski definition) is 3. The summed E-state index contributed by atoms with van der Waals surface area (Å²) in [5.41, 5.74) is 6.68. The third-order valence-electron chi connectivity index (χ3n) is 2.49. The summed E-state index contributed by atoms with van der Waals surface area (Å²) in [5.74, 6) is 1.04. The third kappa shape index (κ3) is 3.41. The van der Waals surface area contributed by atoms with E-state index in [1.165, 1.54) is 7.11 Å². The summed E-state index contributed by atoms with van der Waals surface area (Å²) < 4.78 is 10.4. The molecule has 0 aliphatic heterocycles. The number of halogens is 2. The molecule has 0 spiro atoms. The topological polar surface area (TPSA) is 44.5 Å². The van der Waals surface area contributed by atoms with Gasteiger partial charge in [0.2, 0.25) is 0 Å². The second-order valence-corrected chi connectivity index (χ2v) is 4.70. The fraction of sp³-hybridized carbons (Fsp3) is 0.500. The van der Waals surface area contributed by atoms with E-state index in [9.17, 15) is 0 Å². The number of ether oxygens (including phenoxy) is 2. The Kier molecular flexibility index (Phi) is 5.37. The van der Waals surface area contributed by atoms with Crippen LogP contribution in [0.1, 0.15) is 18.9 Å². The molecule has 0 heterocycles. The van der Waals surface area contributed by atoms with Crippen LogP contribution in [-0.2, 0) is 6.42 Å². The predicted octanol–water partition coefficient (Wildman–Crippen LogP) is 3.29. The molecule has 3 nitrogen and oxygen atoms in total. The highest BCUT2D eigenvalue weighted by Crippen LogP contribution is 2.42. The first-order chi connectivity index (χ1) is 8.01. The van der Waals surface area contributed by atoms with Crippen LogP contribution in [-0.4, -0.2) is 20.3 Å². The van der Waals surface area contributed by atoms with Gasteiger partial charge in [0.05, 0.1) is 19.2 Å². The lowest BCUT2D eigenvalue weighted by Crippen LogP contribution is -2.15. The van der Waals surface area contributed by atoms with Gasteiger partial charge in [0, 0.05) is 6.04 Å². The van der Waals surface area contributed by atoms with Crippen LogP contribution >= 0.6 is 23.2 Å². The van der Waals surface area contributed by atoms with Crippen molar-refractivity contribution in [2.24, 2.45) is 5.73 Å². The molecule has 0 fully saturated rings. The van der Waals surface area contributed by atoms with Crippen LogP contribution in [0.5, 0.6) is 11.5 Å². The Bertz CT molecular complexity index is 395. The SMILES string of the molecule is COc1c(Cl)cc(CCC(C)N)c(OC)c1Cl. The fourth-order valence-corrected chi connectivity index (χ4v) is 2.34. The summed E-state index contributed by atoms with van der Waals surface area (Å²) in [6.45, 7) is 1.96. The maximum Gasteiger partial charge on any atom is 0.159 e. The number of rotatable bonds is 5. The molecule has 2 N–H and O–H groups in total. The van der Waals surface area contributed by atoms with Crippen molar-refractivity contribution in [2.75, 3.05) is 14.2 Å². The molecule has 0 aliphatic rings. The van der Waals surface area contributed by atoms with Crippen LogP contribution < -0.4 is 15.2 Å². The molecule has 0 bridgehead atoms. The summed E-state index contributed by atoms with van der Waals surface area (Å²) in [5, 5.41) is 0.889. The normalized spacial score (nSPS) is 12.4. The number of nitrogens with two attached hydrogens (primary N) is 1. The minimum absolute atomic E-state index is 0.124. The van der Waals surface area contributed by atoms with E-state index in [1.54, 1.807) is 7.11 Å². The van der Waals surface area contributed by atoms with Gasteiger partial charge in [-0.1, -0.05) is 23.2 Å². The van der Waals surface area contributed by atoms with Crippen molar-refractivity contribution < 1.29 is 9.47 Å². The lowest BCUT2D eigenvalue weighted by Gasteiger charge is -2.15. The summed E-state index contributed by atoms with van der Waals surface area (Å²) in [6.07, 6.45) is 1.61. The summed E-state index contributed by atoms with van der Waals surface area (Å²) >= 11 is 12.3. The molecular formula is C12H17Cl2NO2. The molecule has 0 aromatic heterocycles. The van der Waals surface area contributed by atoms with Crippen molar-refractivity contribution in [3.63, 3.8) is 0 Å². The van der Waals surface area contributed by atoms with Crippen LogP contribution in [0.3, 0.4) is 0 Å². The zero-order valence-electron chi connectivity index (χ0n) is 10.2. The van der Waals surface area contributed by atoms with Crippen LogP contribution in [0.4, 0.5) is 0 Å². The number of benzene rings is 1. The van der Waals surface area contributed by atoms with Crippen LogP contribution in [0.2, 0.25) is 10.0 Å². The van der Waals surface area contributed by atoms with Gasteiger partial charge in [-0.05, 0) is 31.4 Å². The van der Waals surface area contributed by atoms with E-state index in [0.29, 0.717) is 21.5 Å². The first kappa shape index (κ1) is 14.4. The van der Waals surface area contributed by atoms with E-state index in [2.05, 4.69) is 0 Å². The first-order valence-corrected chi connectivity index (χ1v) is 6.11. The second-order valence-electron chi connectivity index (χ2n) is 3.91. The van der Waals surface area contributed by atoms with Gasteiger partial charge in [-0.2, -0.15) is 0 Å². The predicted molar refractivity (Wildman–Crippen MR) is 71.5 cm³/mol. The highest BCUT2D eigenvalue weighted by Gasteiger charge is 2.17. The third-order valence-corrected chi connectivity index (χ3v) is 3.11. The first-order valence-electron chi connectivity index (χ1n) is 5.35.